The monoisotopic (exact) mass is 402 g/mol. The number of nitrogens with zero attached hydrogens (tertiary/aromatic N) is 2. The Morgan fingerprint density at radius 2 is 1.67 bits per heavy atom. The molecule has 0 saturated heterocycles. The number of fused-ring (bicyclic) bond motifs is 1. The van der Waals surface area contributed by atoms with Crippen molar-refractivity contribution >= 4 is 28.7 Å². The van der Waals surface area contributed by atoms with Crippen LogP contribution in [-0.4, -0.2) is 31.1 Å². The summed E-state index contributed by atoms with van der Waals surface area (Å²) < 4.78 is 15.5. The Labute approximate surface area is 172 Å². The lowest BCUT2D eigenvalue weighted by Crippen LogP contribution is -2.26. The number of benzene rings is 2. The van der Waals surface area contributed by atoms with Crippen LogP contribution in [0.25, 0.3) is 22.6 Å². The Hall–Kier alpha value is -4.13. The highest BCUT2D eigenvalue weighted by molar-refractivity contribution is 6.05. The molecule has 0 radical (unpaired) electrons. The second-order valence-corrected chi connectivity index (χ2v) is 6.35. The number of rotatable bonds is 4. The highest BCUT2D eigenvalue weighted by Crippen LogP contribution is 2.30. The number of carbonyl (C=O) groups is 2. The van der Waals surface area contributed by atoms with Crippen LogP contribution < -0.4 is 4.90 Å². The van der Waals surface area contributed by atoms with E-state index in [-0.39, 0.29) is 11.3 Å². The van der Waals surface area contributed by atoms with Gasteiger partial charge in [0, 0.05) is 17.5 Å². The summed E-state index contributed by atoms with van der Waals surface area (Å²) in [5.41, 5.74) is 3.06. The average Bonchev–Trinajstić information content (AvgIpc) is 3.10. The first kappa shape index (κ1) is 19.2. The molecule has 0 N–H and O–H groups in total. The molecule has 4 rings (SSSR count). The third-order valence-electron chi connectivity index (χ3n) is 4.58. The van der Waals surface area contributed by atoms with Crippen LogP contribution in [0.3, 0.4) is 0 Å². The molecule has 0 aliphatic carbocycles. The van der Waals surface area contributed by atoms with E-state index in [0.29, 0.717) is 17.2 Å². The first-order chi connectivity index (χ1) is 14.6. The van der Waals surface area contributed by atoms with E-state index in [1.165, 1.54) is 20.3 Å². The van der Waals surface area contributed by atoms with Crippen LogP contribution in [0.5, 0.6) is 0 Å². The smallest absolute Gasteiger partial charge is 0.355 e. The van der Waals surface area contributed by atoms with Crippen molar-refractivity contribution in [1.82, 2.24) is 4.98 Å². The normalized spacial score (nSPS) is 13.5. The van der Waals surface area contributed by atoms with E-state index in [0.717, 1.165) is 11.1 Å². The zero-order valence-electron chi connectivity index (χ0n) is 16.4. The Morgan fingerprint density at radius 1 is 0.933 bits per heavy atom. The Morgan fingerprint density at radius 3 is 2.37 bits per heavy atom. The van der Waals surface area contributed by atoms with Crippen LogP contribution in [-0.2, 0) is 19.1 Å². The van der Waals surface area contributed by atoms with Crippen molar-refractivity contribution in [2.24, 2.45) is 0 Å². The number of carbonyl (C=O) groups excluding carboxylic acids is 2. The summed E-state index contributed by atoms with van der Waals surface area (Å²) in [6.45, 7) is 0. The molecule has 0 bridgehead atoms. The number of allylic oxidation sites excluding steroid dienone is 2. The van der Waals surface area contributed by atoms with Gasteiger partial charge in [0.1, 0.15) is 11.2 Å². The summed E-state index contributed by atoms with van der Waals surface area (Å²) >= 11 is 0. The molecule has 150 valence electrons. The molecule has 1 aliphatic rings. The van der Waals surface area contributed by atoms with Gasteiger partial charge in [-0.1, -0.05) is 18.2 Å². The van der Waals surface area contributed by atoms with Gasteiger partial charge in [0.05, 0.1) is 19.8 Å². The quantitative estimate of drug-likeness (QED) is 0.611. The molecule has 3 aromatic rings. The van der Waals surface area contributed by atoms with Gasteiger partial charge in [-0.3, -0.25) is 0 Å². The molecule has 0 fully saturated rings. The van der Waals surface area contributed by atoms with Crippen molar-refractivity contribution in [2.45, 2.75) is 0 Å². The molecule has 0 spiro atoms. The van der Waals surface area contributed by atoms with Gasteiger partial charge >= 0.3 is 11.9 Å². The maximum absolute atomic E-state index is 12.5. The molecular formula is C23H18N2O5. The Balaban J connectivity index is 1.74. The molecule has 1 aromatic heterocycles. The lowest BCUT2D eigenvalue weighted by Gasteiger charge is -2.23. The maximum atomic E-state index is 12.5. The fraction of sp³-hybridized carbons (Fsp3) is 0.0870. The number of methoxy groups -OCH3 is 2. The molecule has 2 heterocycles. The summed E-state index contributed by atoms with van der Waals surface area (Å²) in [7, 11) is 2.52. The number of anilines is 1. The number of aromatic nitrogens is 1. The second kappa shape index (κ2) is 8.08. The van der Waals surface area contributed by atoms with Gasteiger partial charge in [-0.05, 0) is 48.6 Å². The minimum absolute atomic E-state index is 0.0592. The standard InChI is InChI=1S/C23H18N2O5/c1-28-22(26)17-7-5-6-14-25(20(17)23(27)29-2)16-12-10-15(11-13-16)21-24-18-8-3-4-9-19(18)30-21/h3-14H,1-2H3. The maximum Gasteiger partial charge on any atom is 0.355 e. The first-order valence-electron chi connectivity index (χ1n) is 9.13. The summed E-state index contributed by atoms with van der Waals surface area (Å²) in [5.74, 6) is -0.798. The number of para-hydroxylation sites is 2. The molecule has 7 heteroatoms. The molecular weight excluding hydrogens is 384 g/mol. The molecule has 7 nitrogen and oxygen atoms in total. The molecule has 0 unspecified atom stereocenters. The van der Waals surface area contributed by atoms with Crippen molar-refractivity contribution in [2.75, 3.05) is 19.1 Å². The summed E-state index contributed by atoms with van der Waals surface area (Å²) in [5, 5.41) is 0. The highest BCUT2D eigenvalue weighted by Gasteiger charge is 2.27. The zero-order chi connectivity index (χ0) is 21.1. The van der Waals surface area contributed by atoms with Gasteiger partial charge in [-0.15, -0.1) is 0 Å². The van der Waals surface area contributed by atoms with Crippen LogP contribution in [0.15, 0.2) is 88.6 Å². The average molecular weight is 402 g/mol. The van der Waals surface area contributed by atoms with Crippen molar-refractivity contribution in [3.05, 3.63) is 84.2 Å². The third-order valence-corrected chi connectivity index (χ3v) is 4.58. The van der Waals surface area contributed by atoms with Gasteiger partial charge in [-0.2, -0.15) is 0 Å². The van der Waals surface area contributed by atoms with E-state index in [1.54, 1.807) is 35.4 Å². The zero-order valence-corrected chi connectivity index (χ0v) is 16.4. The topological polar surface area (TPSA) is 81.9 Å². The number of hydrogen-bond donors (Lipinski definition) is 0. The number of hydrogen-bond acceptors (Lipinski definition) is 7. The van der Waals surface area contributed by atoms with Gasteiger partial charge < -0.3 is 18.8 Å². The number of oxazole rings is 1. The molecule has 0 saturated carbocycles. The summed E-state index contributed by atoms with van der Waals surface area (Å²) in [6, 6.07) is 14.8. The molecule has 2 aromatic carbocycles. The van der Waals surface area contributed by atoms with Crippen molar-refractivity contribution in [1.29, 1.82) is 0 Å². The van der Waals surface area contributed by atoms with E-state index in [4.69, 9.17) is 13.9 Å². The van der Waals surface area contributed by atoms with Crippen LogP contribution in [0, 0.1) is 0 Å². The predicted molar refractivity (Wildman–Crippen MR) is 111 cm³/mol. The molecule has 0 amide bonds. The number of ether oxygens (including phenoxy) is 2. The third kappa shape index (κ3) is 3.48. The Bertz CT molecular complexity index is 1170. The minimum atomic E-state index is -0.658. The van der Waals surface area contributed by atoms with E-state index < -0.39 is 11.9 Å². The summed E-state index contributed by atoms with van der Waals surface area (Å²) in [6.07, 6.45) is 6.56. The van der Waals surface area contributed by atoms with E-state index in [2.05, 4.69) is 4.98 Å². The van der Waals surface area contributed by atoms with Gasteiger partial charge in [-0.25, -0.2) is 14.6 Å². The van der Waals surface area contributed by atoms with E-state index >= 15 is 0 Å². The lowest BCUT2D eigenvalue weighted by molar-refractivity contribution is -0.139. The SMILES string of the molecule is COC(=O)C1=C(C(=O)OC)N(c2ccc(-c3nc4ccccc4o3)cc2)C=CC=C1. The van der Waals surface area contributed by atoms with Gasteiger partial charge in [0.15, 0.2) is 5.58 Å². The summed E-state index contributed by atoms with van der Waals surface area (Å²) in [4.78, 5) is 30.8. The van der Waals surface area contributed by atoms with Crippen molar-refractivity contribution in [3.8, 4) is 11.5 Å². The number of esters is 2. The first-order valence-corrected chi connectivity index (χ1v) is 9.13. The fourth-order valence-corrected chi connectivity index (χ4v) is 3.13. The van der Waals surface area contributed by atoms with Crippen molar-refractivity contribution < 1.29 is 23.5 Å². The fourth-order valence-electron chi connectivity index (χ4n) is 3.13. The van der Waals surface area contributed by atoms with Crippen LogP contribution in [0.1, 0.15) is 0 Å². The van der Waals surface area contributed by atoms with E-state index in [9.17, 15) is 9.59 Å². The van der Waals surface area contributed by atoms with Crippen molar-refractivity contribution in [3.63, 3.8) is 0 Å². The molecule has 30 heavy (non-hydrogen) atoms. The highest BCUT2D eigenvalue weighted by atomic mass is 16.5. The lowest BCUT2D eigenvalue weighted by atomic mass is 10.1. The second-order valence-electron chi connectivity index (χ2n) is 6.35. The molecule has 0 atom stereocenters. The van der Waals surface area contributed by atoms with Crippen LogP contribution in [0.4, 0.5) is 5.69 Å². The largest absolute Gasteiger partial charge is 0.465 e. The predicted octanol–water partition coefficient (Wildman–Crippen LogP) is 3.98. The van der Waals surface area contributed by atoms with Crippen LogP contribution >= 0.6 is 0 Å². The van der Waals surface area contributed by atoms with Gasteiger partial charge in [0.2, 0.25) is 5.89 Å². The minimum Gasteiger partial charge on any atom is -0.465 e. The van der Waals surface area contributed by atoms with E-state index in [1.807, 2.05) is 36.4 Å². The molecule has 1 aliphatic heterocycles. The van der Waals surface area contributed by atoms with Crippen LogP contribution in [0.2, 0.25) is 0 Å². The van der Waals surface area contributed by atoms with Gasteiger partial charge in [0.25, 0.3) is 0 Å². The Kier molecular flexibility index (Phi) is 5.17.